The van der Waals surface area contributed by atoms with Gasteiger partial charge in [-0.05, 0) is 177 Å². The van der Waals surface area contributed by atoms with Gasteiger partial charge in [0.15, 0.2) is 25.0 Å². The molecule has 0 radical (unpaired) electrons. The minimum absolute atomic E-state index is 0.0507. The number of hydrogen-bond donors (Lipinski definition) is 0. The Balaban J connectivity index is 2.19. The highest BCUT2D eigenvalue weighted by molar-refractivity contribution is 9.10. The average molecular weight is 1440 g/mol. The van der Waals surface area contributed by atoms with Crippen molar-refractivity contribution in [2.45, 2.75) is 204 Å². The standard InChI is InChI=1S/C65H99Br3O15Si3/c1-56(2,3)84(20,21)78-41-62(16,38-75-50(69)59(10,11)66)53(72)81-47-32-26-44(27-33-47)65(19,45-28-34-48(35-29-45)82-54(73)63(17,39-76-51(70)60(12,13)67)42-79-85(22,23)57(4,5)6)46-30-36-49(37-31-46)83-55(74)64(18,40-77-52(71)61(14,15)68)43-80-86(24,25)58(7,8)9/h26-37H,38-43H2,1-25H3. The molecule has 3 rings (SSSR count). The lowest BCUT2D eigenvalue weighted by Crippen LogP contribution is -2.48. The summed E-state index contributed by atoms with van der Waals surface area (Å²) in [6.45, 7) is 47.3. The van der Waals surface area contributed by atoms with Crippen molar-refractivity contribution in [3.8, 4) is 17.2 Å². The van der Waals surface area contributed by atoms with E-state index < -0.39 is 95.4 Å². The molecule has 0 aliphatic carbocycles. The molecule has 86 heavy (non-hydrogen) atoms. The van der Waals surface area contributed by atoms with Crippen molar-refractivity contribution in [3.63, 3.8) is 0 Å². The summed E-state index contributed by atoms with van der Waals surface area (Å²) in [5, 5.41) is -0.505. The molecule has 3 aromatic rings. The largest absolute Gasteiger partial charge is 0.463 e. The van der Waals surface area contributed by atoms with E-state index in [1.165, 1.54) is 0 Å². The van der Waals surface area contributed by atoms with Crippen LogP contribution in [0.2, 0.25) is 54.4 Å². The smallest absolute Gasteiger partial charge is 0.322 e. The maximum Gasteiger partial charge on any atom is 0.322 e. The topological polar surface area (TPSA) is 185 Å². The molecule has 0 saturated heterocycles. The van der Waals surface area contributed by atoms with Crippen LogP contribution in [0.3, 0.4) is 0 Å². The quantitative estimate of drug-likeness (QED) is 0.0175. The van der Waals surface area contributed by atoms with Crippen LogP contribution in [-0.2, 0) is 61.7 Å². The van der Waals surface area contributed by atoms with E-state index in [9.17, 15) is 28.8 Å². The lowest BCUT2D eigenvalue weighted by molar-refractivity contribution is -0.160. The molecule has 0 spiro atoms. The fourth-order valence-corrected chi connectivity index (χ4v) is 10.8. The SMILES string of the molecule is CC(C)(Br)C(=O)OCC(C)(CO[Si](C)(C)C(C)(C)C)C(=O)Oc1ccc(C(C)(c2ccc(OC(=O)C(C)(COC(=O)C(C)(C)Br)CO[Si](C)(C)C(C)(C)C)cc2)c2ccc(OC(=O)C(C)(COC(=O)C(C)(C)Br)CO[Si](C)(C)C(C)(C)C)cc2)cc1. The molecule has 0 fully saturated rings. The van der Waals surface area contributed by atoms with Crippen molar-refractivity contribution in [2.24, 2.45) is 16.2 Å². The number of rotatable bonds is 27. The summed E-state index contributed by atoms with van der Waals surface area (Å²) in [4.78, 5) is 82.1. The number of esters is 6. The molecule has 482 valence electrons. The van der Waals surface area contributed by atoms with Gasteiger partial charge in [0.2, 0.25) is 0 Å². The Morgan fingerprint density at radius 3 is 0.663 bits per heavy atom. The average Bonchev–Trinajstić information content (AvgIpc) is 1.42. The van der Waals surface area contributed by atoms with Crippen molar-refractivity contribution < 1.29 is 70.5 Å². The summed E-state index contributed by atoms with van der Waals surface area (Å²) in [6, 6.07) is 21.2. The first kappa shape index (κ1) is 76.7. The van der Waals surface area contributed by atoms with Crippen LogP contribution in [0.1, 0.15) is 148 Å². The molecule has 15 nitrogen and oxygen atoms in total. The normalized spacial score (nSPS) is 16.0. The minimum atomic E-state index is -2.39. The Hall–Kier alpha value is -3.55. The molecule has 3 atom stereocenters. The van der Waals surface area contributed by atoms with Gasteiger partial charge in [0, 0.05) is 5.41 Å². The van der Waals surface area contributed by atoms with Crippen LogP contribution < -0.4 is 14.2 Å². The zero-order valence-corrected chi connectivity index (χ0v) is 63.7. The van der Waals surface area contributed by atoms with Crippen LogP contribution in [0.15, 0.2) is 72.8 Å². The maximum absolute atomic E-state index is 14.4. The molecule has 0 aliphatic rings. The van der Waals surface area contributed by atoms with Crippen molar-refractivity contribution in [1.29, 1.82) is 0 Å². The fraction of sp³-hybridized carbons (Fsp3) is 0.631. The first-order valence-corrected chi connectivity index (χ1v) is 40.2. The molecule has 3 unspecified atom stereocenters. The van der Waals surface area contributed by atoms with Crippen LogP contribution in [0, 0.1) is 16.2 Å². The Bertz CT molecular complexity index is 2550. The molecular weight excluding hydrogens is 1340 g/mol. The number of alkyl halides is 3. The number of halogens is 3. The molecule has 0 heterocycles. The lowest BCUT2D eigenvalue weighted by atomic mass is 9.71. The van der Waals surface area contributed by atoms with Crippen LogP contribution in [0.25, 0.3) is 0 Å². The maximum atomic E-state index is 14.4. The van der Waals surface area contributed by atoms with E-state index in [4.69, 9.17) is 41.7 Å². The summed E-state index contributed by atoms with van der Waals surface area (Å²) in [5.74, 6) is -2.90. The molecule has 0 aliphatic heterocycles. The Morgan fingerprint density at radius 2 is 0.500 bits per heavy atom. The van der Waals surface area contributed by atoms with Crippen molar-refractivity contribution in [2.75, 3.05) is 39.6 Å². The first-order chi connectivity index (χ1) is 38.6. The highest BCUT2D eigenvalue weighted by Crippen LogP contribution is 2.44. The number of carbonyl (C=O) groups is 6. The second-order valence-electron chi connectivity index (χ2n) is 29.8. The Labute approximate surface area is 542 Å². The van der Waals surface area contributed by atoms with E-state index in [1.807, 2.05) is 43.3 Å². The van der Waals surface area contributed by atoms with E-state index in [2.05, 4.69) is 149 Å². The second-order valence-corrected chi connectivity index (χ2v) is 50.2. The van der Waals surface area contributed by atoms with E-state index in [0.717, 1.165) is 16.7 Å². The number of benzene rings is 3. The first-order valence-electron chi connectivity index (χ1n) is 29.1. The third-order valence-electron chi connectivity index (χ3n) is 17.1. The van der Waals surface area contributed by atoms with Gasteiger partial charge in [-0.25, -0.2) is 0 Å². The van der Waals surface area contributed by atoms with E-state index >= 15 is 0 Å². The van der Waals surface area contributed by atoms with E-state index in [0.29, 0.717) is 0 Å². The third-order valence-corrected chi connectivity index (χ3v) is 31.5. The molecule has 0 bridgehead atoms. The molecule has 0 saturated carbocycles. The lowest BCUT2D eigenvalue weighted by Gasteiger charge is -2.39. The van der Waals surface area contributed by atoms with Gasteiger partial charge in [-0.15, -0.1) is 0 Å². The van der Waals surface area contributed by atoms with Gasteiger partial charge in [0.1, 0.15) is 66.3 Å². The number of carbonyl (C=O) groups excluding carboxylic acids is 6. The molecule has 21 heteroatoms. The van der Waals surface area contributed by atoms with Crippen molar-refractivity contribution in [3.05, 3.63) is 89.5 Å². The van der Waals surface area contributed by atoms with Gasteiger partial charge in [0.05, 0.1) is 19.8 Å². The summed E-state index contributed by atoms with van der Waals surface area (Å²) in [7, 11) is -7.16. The molecule has 0 N–H and O–H groups in total. The minimum Gasteiger partial charge on any atom is -0.463 e. The van der Waals surface area contributed by atoms with E-state index in [-0.39, 0.29) is 72.0 Å². The summed E-state index contributed by atoms with van der Waals surface area (Å²) < 4.78 is 52.1. The van der Waals surface area contributed by atoms with Gasteiger partial charge < -0.3 is 41.7 Å². The predicted molar refractivity (Wildman–Crippen MR) is 357 cm³/mol. The van der Waals surface area contributed by atoms with E-state index in [1.54, 1.807) is 98.7 Å². The van der Waals surface area contributed by atoms with Crippen LogP contribution in [-0.4, -0.2) is 113 Å². The van der Waals surface area contributed by atoms with Crippen molar-refractivity contribution >= 4 is 109 Å². The second kappa shape index (κ2) is 27.9. The zero-order valence-electron chi connectivity index (χ0n) is 55.9. The number of hydrogen-bond acceptors (Lipinski definition) is 15. The monoisotopic (exact) mass is 1440 g/mol. The van der Waals surface area contributed by atoms with Gasteiger partial charge in [-0.3, -0.25) is 28.8 Å². The van der Waals surface area contributed by atoms with Gasteiger partial charge in [0.25, 0.3) is 0 Å². The number of ether oxygens (including phenoxy) is 6. The van der Waals surface area contributed by atoms with Crippen LogP contribution in [0.5, 0.6) is 17.2 Å². The Morgan fingerprint density at radius 1 is 0.314 bits per heavy atom. The van der Waals surface area contributed by atoms with Gasteiger partial charge in [-0.2, -0.15) is 0 Å². The highest BCUT2D eigenvalue weighted by atomic mass is 79.9. The summed E-state index contributed by atoms with van der Waals surface area (Å²) in [5.41, 5.74) is -2.89. The zero-order chi connectivity index (χ0) is 66.5. The molecular formula is C65H99Br3O15Si3. The Kier molecular flexibility index (Phi) is 24.9. The van der Waals surface area contributed by atoms with Crippen LogP contribution >= 0.6 is 47.8 Å². The predicted octanol–water partition coefficient (Wildman–Crippen LogP) is 16.0. The van der Waals surface area contributed by atoms with Crippen molar-refractivity contribution in [1.82, 2.24) is 0 Å². The fourth-order valence-electron chi connectivity index (χ4n) is 7.10. The molecule has 3 aromatic carbocycles. The highest BCUT2D eigenvalue weighted by Gasteiger charge is 2.48. The third kappa shape index (κ3) is 20.2. The summed E-state index contributed by atoms with van der Waals surface area (Å²) in [6.07, 6.45) is 0. The van der Waals surface area contributed by atoms with Gasteiger partial charge in [-0.1, -0.05) is 147 Å². The van der Waals surface area contributed by atoms with Crippen LogP contribution in [0.4, 0.5) is 0 Å². The summed E-state index contributed by atoms with van der Waals surface area (Å²) >= 11 is 10.1. The molecule has 0 aromatic heterocycles. The molecule has 0 amide bonds. The van der Waals surface area contributed by atoms with Gasteiger partial charge >= 0.3 is 35.8 Å².